The fraction of sp³-hybridized carbons (Fsp3) is 0.280. The molecule has 1 saturated heterocycles. The van der Waals surface area contributed by atoms with Crippen LogP contribution in [0.1, 0.15) is 22.6 Å². The molecule has 3 aromatic rings. The maximum Gasteiger partial charge on any atom is 0.244 e. The zero-order valence-electron chi connectivity index (χ0n) is 17.2. The van der Waals surface area contributed by atoms with E-state index in [2.05, 4.69) is 47.4 Å². The van der Waals surface area contributed by atoms with Gasteiger partial charge in [0.1, 0.15) is 4.90 Å². The second-order valence-corrected chi connectivity index (χ2v) is 10.8. The Balaban J connectivity index is 1.48. The summed E-state index contributed by atoms with van der Waals surface area (Å²) in [6.45, 7) is 3.58. The van der Waals surface area contributed by atoms with E-state index in [1.54, 1.807) is 28.6 Å². The Bertz CT molecular complexity index is 1180. The molecule has 31 heavy (non-hydrogen) atoms. The van der Waals surface area contributed by atoms with Crippen LogP contribution >= 0.6 is 11.6 Å². The molecule has 0 N–H and O–H groups in total. The lowest BCUT2D eigenvalue weighted by Crippen LogP contribution is -2.35. The number of fused-ring (bicyclic) bond motifs is 3. The molecule has 0 bridgehead atoms. The van der Waals surface area contributed by atoms with Crippen molar-refractivity contribution in [3.8, 4) is 0 Å². The Morgan fingerprint density at radius 1 is 0.839 bits per heavy atom. The minimum Gasteiger partial charge on any atom is -0.298 e. The van der Waals surface area contributed by atoms with Crippen molar-refractivity contribution in [2.24, 2.45) is 5.92 Å². The van der Waals surface area contributed by atoms with Crippen LogP contribution in [-0.2, 0) is 23.1 Å². The zero-order valence-corrected chi connectivity index (χ0v) is 18.8. The van der Waals surface area contributed by atoms with Crippen LogP contribution in [0.4, 0.5) is 0 Å². The van der Waals surface area contributed by atoms with Gasteiger partial charge >= 0.3 is 0 Å². The van der Waals surface area contributed by atoms with Crippen LogP contribution in [0.25, 0.3) is 0 Å². The van der Waals surface area contributed by atoms with Gasteiger partial charge in [0.15, 0.2) is 0 Å². The molecule has 2 atom stereocenters. The molecule has 160 valence electrons. The van der Waals surface area contributed by atoms with Crippen molar-refractivity contribution >= 4 is 21.6 Å². The molecular weight excluding hydrogens is 428 g/mol. The van der Waals surface area contributed by atoms with Crippen LogP contribution in [0.2, 0.25) is 5.02 Å². The first kappa shape index (κ1) is 20.7. The number of nitrogens with zero attached hydrogens (tertiary/aromatic N) is 2. The molecule has 0 spiro atoms. The quantitative estimate of drug-likeness (QED) is 0.573. The molecule has 0 amide bonds. The van der Waals surface area contributed by atoms with Crippen LogP contribution in [0.3, 0.4) is 0 Å². The maximum absolute atomic E-state index is 13.6. The number of hydrogen-bond acceptors (Lipinski definition) is 3. The van der Waals surface area contributed by atoms with Crippen molar-refractivity contribution in [1.29, 1.82) is 0 Å². The van der Waals surface area contributed by atoms with Gasteiger partial charge in [0.2, 0.25) is 10.0 Å². The molecule has 2 aliphatic rings. The van der Waals surface area contributed by atoms with Gasteiger partial charge in [0.05, 0.1) is 5.02 Å². The Labute approximate surface area is 189 Å². The molecule has 0 radical (unpaired) electrons. The second-order valence-electron chi connectivity index (χ2n) is 8.47. The number of halogens is 1. The van der Waals surface area contributed by atoms with E-state index in [1.807, 2.05) is 12.1 Å². The highest BCUT2D eigenvalue weighted by atomic mass is 35.5. The lowest BCUT2D eigenvalue weighted by atomic mass is 9.87. The summed E-state index contributed by atoms with van der Waals surface area (Å²) in [6, 6.07) is 25.5. The molecule has 2 heterocycles. The van der Waals surface area contributed by atoms with Gasteiger partial charge < -0.3 is 0 Å². The lowest BCUT2D eigenvalue weighted by molar-refractivity contribution is 0.293. The first-order valence-corrected chi connectivity index (χ1v) is 12.4. The van der Waals surface area contributed by atoms with E-state index in [0.29, 0.717) is 19.0 Å². The summed E-state index contributed by atoms with van der Waals surface area (Å²) in [6.07, 6.45) is 0. The molecular formula is C25H25ClN2O2S. The molecule has 1 fully saturated rings. The first-order valence-electron chi connectivity index (χ1n) is 10.6. The molecule has 5 rings (SSSR count). The van der Waals surface area contributed by atoms with Crippen molar-refractivity contribution in [3.05, 3.63) is 101 Å². The molecule has 3 aromatic carbocycles. The minimum atomic E-state index is -3.69. The third kappa shape index (κ3) is 4.03. The minimum absolute atomic E-state index is 0.187. The summed E-state index contributed by atoms with van der Waals surface area (Å²) in [4.78, 5) is 2.64. The SMILES string of the molecule is O=S(=O)(c1ccccc1Cl)N1Cc2ccccc2C2CN(Cc3ccccc3)CC2C1. The van der Waals surface area contributed by atoms with E-state index in [4.69, 9.17) is 11.6 Å². The Morgan fingerprint density at radius 3 is 2.35 bits per heavy atom. The first-order chi connectivity index (χ1) is 15.0. The fourth-order valence-electron chi connectivity index (χ4n) is 5.00. The monoisotopic (exact) mass is 452 g/mol. The van der Waals surface area contributed by atoms with Crippen LogP contribution in [-0.4, -0.2) is 37.3 Å². The largest absolute Gasteiger partial charge is 0.298 e. The maximum atomic E-state index is 13.6. The van der Waals surface area contributed by atoms with E-state index in [1.165, 1.54) is 11.1 Å². The Kier molecular flexibility index (Phi) is 5.61. The van der Waals surface area contributed by atoms with Crippen molar-refractivity contribution in [2.75, 3.05) is 19.6 Å². The van der Waals surface area contributed by atoms with E-state index >= 15 is 0 Å². The third-order valence-corrected chi connectivity index (χ3v) is 8.77. The topological polar surface area (TPSA) is 40.6 Å². The van der Waals surface area contributed by atoms with Gasteiger partial charge in [0, 0.05) is 38.6 Å². The number of rotatable bonds is 4. The molecule has 2 aliphatic heterocycles. The van der Waals surface area contributed by atoms with Crippen molar-refractivity contribution in [2.45, 2.75) is 23.9 Å². The highest BCUT2D eigenvalue weighted by Gasteiger charge is 2.41. The summed E-state index contributed by atoms with van der Waals surface area (Å²) >= 11 is 6.28. The van der Waals surface area contributed by atoms with Gasteiger partial charge in [-0.05, 0) is 34.7 Å². The number of likely N-dealkylation sites (tertiary alicyclic amines) is 1. The predicted molar refractivity (Wildman–Crippen MR) is 123 cm³/mol. The van der Waals surface area contributed by atoms with Gasteiger partial charge in [-0.25, -0.2) is 8.42 Å². The summed E-state index contributed by atoms with van der Waals surface area (Å²) in [7, 11) is -3.69. The molecule has 0 aliphatic carbocycles. The Hall–Kier alpha value is -2.18. The predicted octanol–water partition coefficient (Wildman–Crippen LogP) is 4.76. The molecule has 0 aromatic heterocycles. The second kappa shape index (κ2) is 8.40. The smallest absolute Gasteiger partial charge is 0.244 e. The molecule has 4 nitrogen and oxygen atoms in total. The zero-order chi connectivity index (χ0) is 21.4. The summed E-state index contributed by atoms with van der Waals surface area (Å²) < 4.78 is 28.7. The highest BCUT2D eigenvalue weighted by Crippen LogP contribution is 2.40. The summed E-state index contributed by atoms with van der Waals surface area (Å²) in [5.41, 5.74) is 3.65. The normalized spacial score (nSPS) is 22.0. The number of sulfonamides is 1. The van der Waals surface area contributed by atoms with E-state index in [9.17, 15) is 8.42 Å². The average Bonchev–Trinajstić information content (AvgIpc) is 3.09. The van der Waals surface area contributed by atoms with Crippen LogP contribution in [0, 0.1) is 5.92 Å². The van der Waals surface area contributed by atoms with Crippen molar-refractivity contribution in [1.82, 2.24) is 9.21 Å². The third-order valence-electron chi connectivity index (χ3n) is 6.46. The molecule has 2 unspecified atom stereocenters. The van der Waals surface area contributed by atoms with E-state index < -0.39 is 10.0 Å². The standard InChI is InChI=1S/C25H25ClN2O2S/c26-24-12-6-7-13-25(24)31(29,30)28-16-20-10-4-5-11-22(20)23-18-27(15-21(23)17-28)14-19-8-2-1-3-9-19/h1-13,21,23H,14-18H2. The van der Waals surface area contributed by atoms with Crippen molar-refractivity contribution < 1.29 is 8.42 Å². The van der Waals surface area contributed by atoms with Crippen LogP contribution < -0.4 is 0 Å². The summed E-state index contributed by atoms with van der Waals surface area (Å²) in [5.74, 6) is 0.566. The van der Waals surface area contributed by atoms with Gasteiger partial charge in [-0.2, -0.15) is 4.31 Å². The van der Waals surface area contributed by atoms with Crippen molar-refractivity contribution in [3.63, 3.8) is 0 Å². The number of hydrogen-bond donors (Lipinski definition) is 0. The van der Waals surface area contributed by atoms with Gasteiger partial charge in [-0.1, -0.05) is 78.3 Å². The number of benzene rings is 3. The average molecular weight is 453 g/mol. The molecule has 6 heteroatoms. The summed E-state index contributed by atoms with van der Waals surface area (Å²) in [5, 5.41) is 0.272. The van der Waals surface area contributed by atoms with E-state index in [0.717, 1.165) is 25.2 Å². The molecule has 0 saturated carbocycles. The van der Waals surface area contributed by atoms with Gasteiger partial charge in [-0.15, -0.1) is 0 Å². The van der Waals surface area contributed by atoms with Crippen LogP contribution in [0.5, 0.6) is 0 Å². The Morgan fingerprint density at radius 2 is 1.55 bits per heavy atom. The lowest BCUT2D eigenvalue weighted by Gasteiger charge is -2.24. The van der Waals surface area contributed by atoms with E-state index in [-0.39, 0.29) is 15.8 Å². The highest BCUT2D eigenvalue weighted by molar-refractivity contribution is 7.89. The van der Waals surface area contributed by atoms with Crippen LogP contribution in [0.15, 0.2) is 83.8 Å². The fourth-order valence-corrected chi connectivity index (χ4v) is 6.97. The van der Waals surface area contributed by atoms with Gasteiger partial charge in [0.25, 0.3) is 0 Å². The van der Waals surface area contributed by atoms with Gasteiger partial charge in [-0.3, -0.25) is 4.90 Å².